The van der Waals surface area contributed by atoms with Crippen LogP contribution < -0.4 is 0 Å². The van der Waals surface area contributed by atoms with E-state index in [0.29, 0.717) is 25.1 Å². The van der Waals surface area contributed by atoms with Gasteiger partial charge in [0.25, 0.3) is 0 Å². The minimum absolute atomic E-state index is 0.339. The van der Waals surface area contributed by atoms with Crippen molar-refractivity contribution in [1.29, 1.82) is 0 Å². The van der Waals surface area contributed by atoms with Gasteiger partial charge in [0.05, 0.1) is 7.11 Å². The van der Waals surface area contributed by atoms with E-state index in [-0.39, 0.29) is 0 Å². The SMILES string of the molecule is CCC(CCCCl)(C(=O)OC)C(=O)OC(C)(C)C. The highest BCUT2D eigenvalue weighted by Gasteiger charge is 2.47. The molecule has 0 bridgehead atoms. The third kappa shape index (κ3) is 4.48. The van der Waals surface area contributed by atoms with E-state index in [9.17, 15) is 9.59 Å². The van der Waals surface area contributed by atoms with Gasteiger partial charge in [-0.25, -0.2) is 0 Å². The molecule has 0 spiro atoms. The van der Waals surface area contributed by atoms with Crippen LogP contribution in [0.2, 0.25) is 0 Å². The topological polar surface area (TPSA) is 52.6 Å². The maximum absolute atomic E-state index is 12.3. The zero-order valence-corrected chi connectivity index (χ0v) is 12.6. The zero-order chi connectivity index (χ0) is 14.4. The van der Waals surface area contributed by atoms with Crippen LogP contribution in [0.1, 0.15) is 47.0 Å². The van der Waals surface area contributed by atoms with Crippen molar-refractivity contribution in [3.8, 4) is 0 Å². The van der Waals surface area contributed by atoms with Gasteiger partial charge in [-0.3, -0.25) is 9.59 Å². The highest BCUT2D eigenvalue weighted by molar-refractivity contribution is 6.17. The molecule has 0 rings (SSSR count). The third-order valence-corrected chi connectivity index (χ3v) is 2.97. The molecule has 0 aromatic heterocycles. The van der Waals surface area contributed by atoms with Gasteiger partial charge in [0, 0.05) is 5.88 Å². The predicted molar refractivity (Wildman–Crippen MR) is 70.5 cm³/mol. The molecule has 0 fully saturated rings. The van der Waals surface area contributed by atoms with E-state index < -0.39 is 23.0 Å². The van der Waals surface area contributed by atoms with E-state index in [4.69, 9.17) is 21.1 Å². The molecule has 0 aromatic rings. The van der Waals surface area contributed by atoms with Crippen molar-refractivity contribution in [2.24, 2.45) is 5.41 Å². The fourth-order valence-electron chi connectivity index (χ4n) is 1.69. The molecular formula is C13H23ClO4. The third-order valence-electron chi connectivity index (χ3n) is 2.71. The minimum Gasteiger partial charge on any atom is -0.468 e. The van der Waals surface area contributed by atoms with Crippen LogP contribution in [0.4, 0.5) is 0 Å². The molecule has 0 heterocycles. The van der Waals surface area contributed by atoms with Crippen molar-refractivity contribution < 1.29 is 19.1 Å². The van der Waals surface area contributed by atoms with Crippen LogP contribution in [0, 0.1) is 5.41 Å². The molecule has 0 aliphatic heterocycles. The summed E-state index contributed by atoms with van der Waals surface area (Å²) in [5.41, 5.74) is -1.87. The molecule has 0 saturated heterocycles. The maximum Gasteiger partial charge on any atom is 0.323 e. The second-order valence-electron chi connectivity index (χ2n) is 5.22. The van der Waals surface area contributed by atoms with E-state index in [0.717, 1.165) is 0 Å². The average molecular weight is 279 g/mol. The first-order valence-corrected chi connectivity index (χ1v) is 6.64. The van der Waals surface area contributed by atoms with Gasteiger partial charge in [0.2, 0.25) is 0 Å². The summed E-state index contributed by atoms with van der Waals surface area (Å²) in [5, 5.41) is 0. The first-order valence-electron chi connectivity index (χ1n) is 6.11. The number of methoxy groups -OCH3 is 1. The van der Waals surface area contributed by atoms with E-state index in [1.165, 1.54) is 7.11 Å². The van der Waals surface area contributed by atoms with Crippen molar-refractivity contribution >= 4 is 23.5 Å². The molecule has 106 valence electrons. The summed E-state index contributed by atoms with van der Waals surface area (Å²) in [6.07, 6.45) is 1.24. The van der Waals surface area contributed by atoms with Gasteiger partial charge in [0.15, 0.2) is 5.41 Å². The lowest BCUT2D eigenvalue weighted by atomic mass is 9.80. The molecule has 0 amide bonds. The second kappa shape index (κ2) is 6.98. The summed E-state index contributed by atoms with van der Waals surface area (Å²) in [4.78, 5) is 24.2. The Hall–Kier alpha value is -0.770. The number of rotatable bonds is 6. The van der Waals surface area contributed by atoms with Crippen molar-refractivity contribution in [2.45, 2.75) is 52.6 Å². The van der Waals surface area contributed by atoms with Crippen LogP contribution in [0.5, 0.6) is 0 Å². The number of halogens is 1. The number of hydrogen-bond donors (Lipinski definition) is 0. The molecular weight excluding hydrogens is 256 g/mol. The highest BCUT2D eigenvalue weighted by atomic mass is 35.5. The van der Waals surface area contributed by atoms with E-state index in [1.54, 1.807) is 27.7 Å². The number of esters is 2. The minimum atomic E-state index is -1.24. The Morgan fingerprint density at radius 2 is 1.72 bits per heavy atom. The van der Waals surface area contributed by atoms with E-state index in [2.05, 4.69) is 0 Å². The lowest BCUT2D eigenvalue weighted by Gasteiger charge is -2.31. The van der Waals surface area contributed by atoms with Crippen LogP contribution in [0.15, 0.2) is 0 Å². The molecule has 0 saturated carbocycles. The largest absolute Gasteiger partial charge is 0.468 e. The van der Waals surface area contributed by atoms with Crippen LogP contribution >= 0.6 is 11.6 Å². The van der Waals surface area contributed by atoms with Gasteiger partial charge < -0.3 is 9.47 Å². The van der Waals surface area contributed by atoms with E-state index in [1.807, 2.05) is 0 Å². The number of ether oxygens (including phenoxy) is 2. The molecule has 0 radical (unpaired) electrons. The Morgan fingerprint density at radius 3 is 2.06 bits per heavy atom. The molecule has 0 N–H and O–H groups in total. The molecule has 5 heteroatoms. The average Bonchev–Trinajstić information content (AvgIpc) is 2.27. The molecule has 0 aliphatic carbocycles. The fraction of sp³-hybridized carbons (Fsp3) is 0.846. The summed E-state index contributed by atoms with van der Waals surface area (Å²) in [6, 6.07) is 0. The zero-order valence-electron chi connectivity index (χ0n) is 11.8. The number of hydrogen-bond acceptors (Lipinski definition) is 4. The van der Waals surface area contributed by atoms with E-state index >= 15 is 0 Å². The van der Waals surface area contributed by atoms with Gasteiger partial charge >= 0.3 is 11.9 Å². The summed E-state index contributed by atoms with van der Waals surface area (Å²) in [5.74, 6) is -0.694. The van der Waals surface area contributed by atoms with Gasteiger partial charge in [-0.15, -0.1) is 11.6 Å². The van der Waals surface area contributed by atoms with Gasteiger partial charge in [-0.1, -0.05) is 6.92 Å². The Kier molecular flexibility index (Phi) is 6.68. The van der Waals surface area contributed by atoms with Gasteiger partial charge in [-0.05, 0) is 40.0 Å². The standard InChI is InChI=1S/C13H23ClO4/c1-6-13(8-7-9-14,10(15)17-5)11(16)18-12(2,3)4/h6-9H2,1-5H3. The second-order valence-corrected chi connectivity index (χ2v) is 5.60. The van der Waals surface area contributed by atoms with Crippen molar-refractivity contribution in [2.75, 3.05) is 13.0 Å². The van der Waals surface area contributed by atoms with Crippen LogP contribution in [-0.2, 0) is 19.1 Å². The van der Waals surface area contributed by atoms with Gasteiger partial charge in [-0.2, -0.15) is 0 Å². The van der Waals surface area contributed by atoms with Gasteiger partial charge in [0.1, 0.15) is 5.60 Å². The van der Waals surface area contributed by atoms with Crippen LogP contribution in [0.3, 0.4) is 0 Å². The highest BCUT2D eigenvalue weighted by Crippen LogP contribution is 2.33. The Morgan fingerprint density at radius 1 is 1.17 bits per heavy atom. The Labute approximate surface area is 114 Å². The predicted octanol–water partition coefficient (Wildman–Crippen LogP) is 2.92. The number of carbonyl (C=O) groups excluding carboxylic acids is 2. The normalized spacial score (nSPS) is 14.8. The summed E-state index contributed by atoms with van der Waals surface area (Å²) < 4.78 is 10.1. The molecule has 1 unspecified atom stereocenters. The van der Waals surface area contributed by atoms with Crippen LogP contribution in [0.25, 0.3) is 0 Å². The monoisotopic (exact) mass is 278 g/mol. The summed E-state index contributed by atoms with van der Waals surface area (Å²) in [6.45, 7) is 7.08. The quantitative estimate of drug-likeness (QED) is 0.426. The molecule has 1 atom stereocenters. The fourth-order valence-corrected chi connectivity index (χ4v) is 1.83. The number of alkyl halides is 1. The first-order chi connectivity index (χ1) is 8.23. The first kappa shape index (κ1) is 17.2. The van der Waals surface area contributed by atoms with Crippen LogP contribution in [-0.4, -0.2) is 30.5 Å². The molecule has 18 heavy (non-hydrogen) atoms. The van der Waals surface area contributed by atoms with Crippen molar-refractivity contribution in [3.05, 3.63) is 0 Å². The Bertz CT molecular complexity index is 296. The molecule has 0 aromatic carbocycles. The smallest absolute Gasteiger partial charge is 0.323 e. The lowest BCUT2D eigenvalue weighted by molar-refractivity contribution is -0.179. The molecule has 0 aliphatic rings. The van der Waals surface area contributed by atoms with Crippen molar-refractivity contribution in [1.82, 2.24) is 0 Å². The lowest BCUT2D eigenvalue weighted by Crippen LogP contribution is -2.44. The molecule has 4 nitrogen and oxygen atoms in total. The summed E-state index contributed by atoms with van der Waals surface area (Å²) in [7, 11) is 1.28. The summed E-state index contributed by atoms with van der Waals surface area (Å²) >= 11 is 5.65. The maximum atomic E-state index is 12.3. The van der Waals surface area contributed by atoms with Crippen molar-refractivity contribution in [3.63, 3.8) is 0 Å². The Balaban J connectivity index is 5.16. The number of carbonyl (C=O) groups is 2.